The molecule has 15 heavy (non-hydrogen) atoms. The van der Waals surface area contributed by atoms with Crippen LogP contribution in [0.1, 0.15) is 25.1 Å². The summed E-state index contributed by atoms with van der Waals surface area (Å²) in [6, 6.07) is 1.66. The van der Waals surface area contributed by atoms with E-state index in [0.29, 0.717) is 18.1 Å². The first-order valence-corrected chi connectivity index (χ1v) is 5.04. The van der Waals surface area contributed by atoms with E-state index in [1.54, 1.807) is 13.0 Å². The van der Waals surface area contributed by atoms with Crippen LogP contribution >= 0.6 is 0 Å². The van der Waals surface area contributed by atoms with Gasteiger partial charge in [-0.1, -0.05) is 0 Å². The zero-order chi connectivity index (χ0) is 11.4. The van der Waals surface area contributed by atoms with Gasteiger partial charge in [0.25, 0.3) is 0 Å². The smallest absolute Gasteiger partial charge is 0.196 e. The lowest BCUT2D eigenvalue weighted by Crippen LogP contribution is -2.30. The molecule has 4 heteroatoms. The quantitative estimate of drug-likeness (QED) is 0.432. The lowest BCUT2D eigenvalue weighted by atomic mass is 10.2. The number of hydrogen-bond donors (Lipinski definition) is 0. The van der Waals surface area contributed by atoms with Crippen LogP contribution in [0.2, 0.25) is 0 Å². The summed E-state index contributed by atoms with van der Waals surface area (Å²) in [5.41, 5.74) is 1.50. The largest absolute Gasteiger partial charge is 0.618 e. The maximum atomic E-state index is 11.2. The van der Waals surface area contributed by atoms with Gasteiger partial charge in [0.15, 0.2) is 18.2 Å². The zero-order valence-electron chi connectivity index (χ0n) is 9.61. The van der Waals surface area contributed by atoms with Crippen molar-refractivity contribution < 1.29 is 14.2 Å². The second kappa shape index (κ2) is 4.98. The first kappa shape index (κ1) is 11.8. The third-order valence-electron chi connectivity index (χ3n) is 2.30. The Morgan fingerprint density at radius 1 is 1.47 bits per heavy atom. The van der Waals surface area contributed by atoms with E-state index in [9.17, 15) is 5.21 Å². The summed E-state index contributed by atoms with van der Waals surface area (Å²) in [7, 11) is 0. The van der Waals surface area contributed by atoms with E-state index in [4.69, 9.17) is 9.47 Å². The molecule has 1 aromatic rings. The van der Waals surface area contributed by atoms with Crippen LogP contribution in [-0.2, 0) is 4.74 Å². The van der Waals surface area contributed by atoms with E-state index >= 15 is 0 Å². The Kier molecular flexibility index (Phi) is 3.91. The van der Waals surface area contributed by atoms with Gasteiger partial charge in [0.1, 0.15) is 5.75 Å². The van der Waals surface area contributed by atoms with Gasteiger partial charge in [-0.15, -0.1) is 0 Å². The van der Waals surface area contributed by atoms with Crippen LogP contribution in [0, 0.1) is 19.1 Å². The van der Waals surface area contributed by atoms with Crippen molar-refractivity contribution in [2.24, 2.45) is 0 Å². The molecule has 0 spiro atoms. The molecule has 0 bridgehead atoms. The Bertz CT molecular complexity index is 339. The minimum absolute atomic E-state index is 0.296. The lowest BCUT2D eigenvalue weighted by molar-refractivity contribution is -0.612. The zero-order valence-corrected chi connectivity index (χ0v) is 9.61. The maximum absolute atomic E-state index is 11.2. The van der Waals surface area contributed by atoms with Crippen LogP contribution in [-0.4, -0.2) is 12.9 Å². The summed E-state index contributed by atoms with van der Waals surface area (Å²) in [6.45, 7) is 7.97. The monoisotopic (exact) mass is 211 g/mol. The predicted octanol–water partition coefficient (Wildman–Crippen LogP) is 1.70. The molecular weight excluding hydrogens is 194 g/mol. The Hall–Kier alpha value is -1.29. The highest BCUT2D eigenvalue weighted by Gasteiger charge is 2.12. The fourth-order valence-electron chi connectivity index (χ4n) is 1.29. The van der Waals surface area contributed by atoms with E-state index in [1.807, 2.05) is 20.8 Å². The molecule has 0 aromatic carbocycles. The highest BCUT2D eigenvalue weighted by Crippen LogP contribution is 2.19. The molecule has 1 heterocycles. The van der Waals surface area contributed by atoms with Crippen molar-refractivity contribution in [3.8, 4) is 5.75 Å². The van der Waals surface area contributed by atoms with Gasteiger partial charge in [0, 0.05) is 19.6 Å². The second-order valence-corrected chi connectivity index (χ2v) is 3.36. The van der Waals surface area contributed by atoms with Crippen LogP contribution < -0.4 is 9.47 Å². The SMILES string of the molecule is CCOC(C)Oc1cc[n+]([O-])c(C)c1C. The molecule has 84 valence electrons. The van der Waals surface area contributed by atoms with E-state index < -0.39 is 0 Å². The van der Waals surface area contributed by atoms with Crippen molar-refractivity contribution in [3.63, 3.8) is 0 Å². The maximum Gasteiger partial charge on any atom is 0.196 e. The number of ether oxygens (including phenoxy) is 2. The number of nitrogens with zero attached hydrogens (tertiary/aromatic N) is 1. The third kappa shape index (κ3) is 2.83. The Morgan fingerprint density at radius 3 is 2.73 bits per heavy atom. The van der Waals surface area contributed by atoms with Crippen LogP contribution in [0.5, 0.6) is 5.75 Å². The Morgan fingerprint density at radius 2 is 2.13 bits per heavy atom. The second-order valence-electron chi connectivity index (χ2n) is 3.36. The molecule has 0 aliphatic heterocycles. The summed E-state index contributed by atoms with van der Waals surface area (Å²) < 4.78 is 11.6. The topological polar surface area (TPSA) is 45.4 Å². The fourth-order valence-corrected chi connectivity index (χ4v) is 1.29. The molecule has 0 fully saturated rings. The van der Waals surface area contributed by atoms with Gasteiger partial charge in [-0.2, -0.15) is 4.73 Å². The molecule has 0 N–H and O–H groups in total. The van der Waals surface area contributed by atoms with Gasteiger partial charge >= 0.3 is 0 Å². The summed E-state index contributed by atoms with van der Waals surface area (Å²) in [5.74, 6) is 0.695. The third-order valence-corrected chi connectivity index (χ3v) is 2.30. The van der Waals surface area contributed by atoms with Crippen LogP contribution in [0.3, 0.4) is 0 Å². The van der Waals surface area contributed by atoms with E-state index in [1.165, 1.54) is 6.20 Å². The van der Waals surface area contributed by atoms with E-state index in [0.717, 1.165) is 10.3 Å². The molecule has 0 amide bonds. The normalized spacial score (nSPS) is 12.5. The Balaban J connectivity index is 2.82. The van der Waals surface area contributed by atoms with Crippen molar-refractivity contribution >= 4 is 0 Å². The summed E-state index contributed by atoms with van der Waals surface area (Å²) in [6.07, 6.45) is 1.15. The first-order valence-electron chi connectivity index (χ1n) is 5.04. The lowest BCUT2D eigenvalue weighted by Gasteiger charge is -2.16. The van der Waals surface area contributed by atoms with Gasteiger partial charge in [-0.3, -0.25) is 0 Å². The molecule has 1 unspecified atom stereocenters. The van der Waals surface area contributed by atoms with Crippen molar-refractivity contribution in [2.75, 3.05) is 6.61 Å². The molecule has 0 saturated carbocycles. The van der Waals surface area contributed by atoms with Crippen LogP contribution in [0.4, 0.5) is 0 Å². The summed E-state index contributed by atoms with van der Waals surface area (Å²) >= 11 is 0. The van der Waals surface area contributed by atoms with Gasteiger partial charge in [-0.25, -0.2) is 0 Å². The molecule has 4 nitrogen and oxygen atoms in total. The summed E-state index contributed by atoms with van der Waals surface area (Å²) in [4.78, 5) is 0. The highest BCUT2D eigenvalue weighted by atomic mass is 16.7. The highest BCUT2D eigenvalue weighted by molar-refractivity contribution is 5.31. The first-order chi connectivity index (χ1) is 7.06. The minimum Gasteiger partial charge on any atom is -0.618 e. The van der Waals surface area contributed by atoms with Gasteiger partial charge < -0.3 is 14.7 Å². The van der Waals surface area contributed by atoms with Crippen molar-refractivity contribution in [1.29, 1.82) is 0 Å². The molecule has 0 aliphatic carbocycles. The minimum atomic E-state index is -0.296. The molecule has 1 atom stereocenters. The Labute approximate surface area is 90.0 Å². The average molecular weight is 211 g/mol. The van der Waals surface area contributed by atoms with Gasteiger partial charge in [0.2, 0.25) is 0 Å². The molecule has 0 aliphatic rings. The molecule has 0 radical (unpaired) electrons. The van der Waals surface area contributed by atoms with E-state index in [2.05, 4.69) is 0 Å². The number of rotatable bonds is 4. The van der Waals surface area contributed by atoms with Gasteiger partial charge in [0.05, 0.1) is 5.56 Å². The molecule has 0 saturated heterocycles. The number of hydrogen-bond acceptors (Lipinski definition) is 3. The van der Waals surface area contributed by atoms with Crippen LogP contribution in [0.15, 0.2) is 12.3 Å². The standard InChI is InChI=1S/C11H17NO3/c1-5-14-10(4)15-11-6-7-12(13)9(3)8(11)2/h6-7,10H,5H2,1-4H3. The van der Waals surface area contributed by atoms with Crippen molar-refractivity contribution in [1.82, 2.24) is 0 Å². The molecule has 1 rings (SSSR count). The van der Waals surface area contributed by atoms with Gasteiger partial charge in [-0.05, 0) is 20.8 Å². The summed E-state index contributed by atoms with van der Waals surface area (Å²) in [5, 5.41) is 11.2. The molecular formula is C11H17NO3. The average Bonchev–Trinajstić information content (AvgIpc) is 2.20. The van der Waals surface area contributed by atoms with E-state index in [-0.39, 0.29) is 6.29 Å². The van der Waals surface area contributed by atoms with Crippen molar-refractivity contribution in [2.45, 2.75) is 34.0 Å². The molecule has 1 aromatic heterocycles. The van der Waals surface area contributed by atoms with Crippen LogP contribution in [0.25, 0.3) is 0 Å². The number of pyridine rings is 1. The number of aromatic nitrogens is 1. The predicted molar refractivity (Wildman–Crippen MR) is 56.6 cm³/mol. The van der Waals surface area contributed by atoms with Crippen molar-refractivity contribution in [3.05, 3.63) is 28.7 Å². The fraction of sp³-hybridized carbons (Fsp3) is 0.545.